The number of nitrogens with zero attached hydrogens (tertiary/aromatic N) is 2. The summed E-state index contributed by atoms with van der Waals surface area (Å²) in [4.78, 5) is 26.7. The van der Waals surface area contributed by atoms with Crippen LogP contribution in [0.15, 0.2) is 0 Å². The van der Waals surface area contributed by atoms with Crippen molar-refractivity contribution >= 4 is 12.0 Å². The van der Waals surface area contributed by atoms with Crippen molar-refractivity contribution in [1.29, 1.82) is 0 Å². The summed E-state index contributed by atoms with van der Waals surface area (Å²) in [5.41, 5.74) is 0. The molecule has 0 aromatic rings. The van der Waals surface area contributed by atoms with E-state index in [1.807, 2.05) is 0 Å². The predicted molar refractivity (Wildman–Crippen MR) is 72.6 cm³/mol. The zero-order valence-electron chi connectivity index (χ0n) is 11.9. The SMILES string of the molecule is CN1CCCCC1CNC(=O)N1CCOC(C(=O)O)C1. The van der Waals surface area contributed by atoms with Crippen LogP contribution in [0, 0.1) is 0 Å². The molecule has 2 N–H and O–H groups in total. The summed E-state index contributed by atoms with van der Waals surface area (Å²) in [6.07, 6.45) is 2.60. The number of likely N-dealkylation sites (tertiary alicyclic amines) is 1. The monoisotopic (exact) mass is 285 g/mol. The number of carbonyl (C=O) groups is 2. The van der Waals surface area contributed by atoms with Gasteiger partial charge in [-0.05, 0) is 26.4 Å². The third-order valence-electron chi connectivity index (χ3n) is 4.04. The van der Waals surface area contributed by atoms with Gasteiger partial charge < -0.3 is 25.0 Å². The first-order valence-corrected chi connectivity index (χ1v) is 7.15. The van der Waals surface area contributed by atoms with Crippen LogP contribution in [0.2, 0.25) is 0 Å². The number of urea groups is 1. The van der Waals surface area contributed by atoms with Gasteiger partial charge in [0.1, 0.15) is 0 Å². The number of piperidine rings is 1. The molecule has 0 aliphatic carbocycles. The number of likely N-dealkylation sites (N-methyl/N-ethyl adjacent to an activating group) is 1. The number of amides is 2. The van der Waals surface area contributed by atoms with Crippen LogP contribution in [0.4, 0.5) is 4.79 Å². The Morgan fingerprint density at radius 2 is 2.15 bits per heavy atom. The zero-order chi connectivity index (χ0) is 14.5. The molecule has 2 aliphatic rings. The lowest BCUT2D eigenvalue weighted by Gasteiger charge is -2.34. The van der Waals surface area contributed by atoms with Gasteiger partial charge in [0.2, 0.25) is 0 Å². The molecule has 0 bridgehead atoms. The van der Waals surface area contributed by atoms with Crippen LogP contribution in [-0.2, 0) is 9.53 Å². The van der Waals surface area contributed by atoms with E-state index < -0.39 is 12.1 Å². The van der Waals surface area contributed by atoms with E-state index in [0.29, 0.717) is 19.1 Å². The van der Waals surface area contributed by atoms with Gasteiger partial charge >= 0.3 is 12.0 Å². The normalized spacial score (nSPS) is 28.1. The number of rotatable bonds is 3. The molecule has 2 heterocycles. The van der Waals surface area contributed by atoms with Crippen molar-refractivity contribution in [3.05, 3.63) is 0 Å². The van der Waals surface area contributed by atoms with Crippen LogP contribution in [0.3, 0.4) is 0 Å². The fourth-order valence-corrected chi connectivity index (χ4v) is 2.70. The molecule has 20 heavy (non-hydrogen) atoms. The Morgan fingerprint density at radius 1 is 1.35 bits per heavy atom. The molecule has 2 aliphatic heterocycles. The largest absolute Gasteiger partial charge is 0.479 e. The van der Waals surface area contributed by atoms with Crippen LogP contribution in [0.5, 0.6) is 0 Å². The fourth-order valence-electron chi connectivity index (χ4n) is 2.70. The number of aliphatic carboxylic acids is 1. The molecule has 2 unspecified atom stereocenters. The van der Waals surface area contributed by atoms with E-state index in [4.69, 9.17) is 9.84 Å². The highest BCUT2D eigenvalue weighted by molar-refractivity contribution is 5.77. The molecule has 7 heteroatoms. The Kier molecular flexibility index (Phi) is 5.19. The molecule has 2 rings (SSSR count). The number of ether oxygens (including phenoxy) is 1. The molecule has 0 saturated carbocycles. The quantitative estimate of drug-likeness (QED) is 0.761. The summed E-state index contributed by atoms with van der Waals surface area (Å²) >= 11 is 0. The smallest absolute Gasteiger partial charge is 0.334 e. The number of carboxylic acids is 1. The van der Waals surface area contributed by atoms with Crippen molar-refractivity contribution in [2.75, 3.05) is 39.8 Å². The zero-order valence-corrected chi connectivity index (χ0v) is 11.9. The molecule has 114 valence electrons. The van der Waals surface area contributed by atoms with Crippen molar-refractivity contribution in [1.82, 2.24) is 15.1 Å². The van der Waals surface area contributed by atoms with Crippen LogP contribution in [0.1, 0.15) is 19.3 Å². The maximum atomic E-state index is 12.1. The predicted octanol–water partition coefficient (Wildman–Crippen LogP) is -0.0343. The Bertz CT molecular complexity index is 364. The lowest BCUT2D eigenvalue weighted by molar-refractivity contribution is -0.154. The van der Waals surface area contributed by atoms with Crippen molar-refractivity contribution in [3.63, 3.8) is 0 Å². The second kappa shape index (κ2) is 6.90. The molecule has 7 nitrogen and oxygen atoms in total. The van der Waals surface area contributed by atoms with Crippen molar-refractivity contribution in [2.24, 2.45) is 0 Å². The standard InChI is InChI=1S/C13H23N3O4/c1-15-5-3-2-4-10(15)8-14-13(19)16-6-7-20-11(9-16)12(17)18/h10-11H,2-9H2,1H3,(H,14,19)(H,17,18). The van der Waals surface area contributed by atoms with E-state index in [9.17, 15) is 9.59 Å². The first kappa shape index (κ1) is 15.1. The third-order valence-corrected chi connectivity index (χ3v) is 4.04. The van der Waals surface area contributed by atoms with E-state index in [1.165, 1.54) is 17.7 Å². The van der Waals surface area contributed by atoms with Gasteiger partial charge in [0.25, 0.3) is 0 Å². The molecular formula is C13H23N3O4. The van der Waals surface area contributed by atoms with Gasteiger partial charge in [0.15, 0.2) is 6.10 Å². The highest BCUT2D eigenvalue weighted by Gasteiger charge is 2.29. The summed E-state index contributed by atoms with van der Waals surface area (Å²) in [6, 6.07) is 0.183. The minimum atomic E-state index is -1.02. The van der Waals surface area contributed by atoms with E-state index >= 15 is 0 Å². The summed E-state index contributed by atoms with van der Waals surface area (Å²) < 4.78 is 5.10. The third kappa shape index (κ3) is 3.83. The van der Waals surface area contributed by atoms with Crippen molar-refractivity contribution < 1.29 is 19.4 Å². The van der Waals surface area contributed by atoms with E-state index in [1.54, 1.807) is 0 Å². The van der Waals surface area contributed by atoms with Gasteiger partial charge in [-0.3, -0.25) is 0 Å². The Hall–Kier alpha value is -1.34. The van der Waals surface area contributed by atoms with E-state index in [-0.39, 0.29) is 19.2 Å². The Labute approximate surface area is 118 Å². The maximum absolute atomic E-state index is 12.1. The van der Waals surface area contributed by atoms with E-state index in [0.717, 1.165) is 13.0 Å². The minimum absolute atomic E-state index is 0.113. The van der Waals surface area contributed by atoms with Gasteiger partial charge in [-0.1, -0.05) is 6.42 Å². The fraction of sp³-hybridized carbons (Fsp3) is 0.846. The number of carboxylic acid groups (broad SMARTS) is 1. The molecular weight excluding hydrogens is 262 g/mol. The topological polar surface area (TPSA) is 82.1 Å². The Balaban J connectivity index is 1.77. The first-order valence-electron chi connectivity index (χ1n) is 7.15. The molecule has 2 amide bonds. The van der Waals surface area contributed by atoms with Crippen LogP contribution in [0.25, 0.3) is 0 Å². The molecule has 2 atom stereocenters. The van der Waals surface area contributed by atoms with Gasteiger partial charge in [-0.2, -0.15) is 0 Å². The lowest BCUT2D eigenvalue weighted by atomic mass is 10.0. The molecule has 0 aromatic heterocycles. The highest BCUT2D eigenvalue weighted by atomic mass is 16.5. The average Bonchev–Trinajstić information content (AvgIpc) is 2.46. The molecule has 0 radical (unpaired) electrons. The number of morpholine rings is 1. The van der Waals surface area contributed by atoms with Gasteiger partial charge in [-0.15, -0.1) is 0 Å². The number of hydrogen-bond acceptors (Lipinski definition) is 4. The summed E-state index contributed by atoms with van der Waals surface area (Å²) in [5.74, 6) is -1.02. The number of carbonyl (C=O) groups excluding carboxylic acids is 1. The van der Waals surface area contributed by atoms with Crippen LogP contribution >= 0.6 is 0 Å². The lowest BCUT2D eigenvalue weighted by Crippen LogP contribution is -2.54. The van der Waals surface area contributed by atoms with Gasteiger partial charge in [-0.25, -0.2) is 9.59 Å². The summed E-state index contributed by atoms with van der Waals surface area (Å²) in [5, 5.41) is 11.8. The highest BCUT2D eigenvalue weighted by Crippen LogP contribution is 2.14. The van der Waals surface area contributed by atoms with E-state index in [2.05, 4.69) is 17.3 Å². The average molecular weight is 285 g/mol. The maximum Gasteiger partial charge on any atom is 0.334 e. The van der Waals surface area contributed by atoms with Gasteiger partial charge in [0, 0.05) is 19.1 Å². The van der Waals surface area contributed by atoms with Crippen LogP contribution in [-0.4, -0.2) is 78.9 Å². The molecule has 2 saturated heterocycles. The minimum Gasteiger partial charge on any atom is -0.479 e. The number of nitrogens with one attached hydrogen (secondary N) is 1. The summed E-state index contributed by atoms with van der Waals surface area (Å²) in [7, 11) is 2.07. The van der Waals surface area contributed by atoms with Crippen molar-refractivity contribution in [3.8, 4) is 0 Å². The Morgan fingerprint density at radius 3 is 2.85 bits per heavy atom. The molecule has 2 fully saturated rings. The van der Waals surface area contributed by atoms with Crippen molar-refractivity contribution in [2.45, 2.75) is 31.4 Å². The first-order chi connectivity index (χ1) is 9.58. The summed E-state index contributed by atoms with van der Waals surface area (Å²) in [6.45, 7) is 2.51. The van der Waals surface area contributed by atoms with Gasteiger partial charge in [0.05, 0.1) is 13.2 Å². The molecule has 0 aromatic carbocycles. The second-order valence-corrected chi connectivity index (χ2v) is 5.46. The second-order valence-electron chi connectivity index (χ2n) is 5.46. The number of hydrogen-bond donors (Lipinski definition) is 2. The molecule has 0 spiro atoms. The van der Waals surface area contributed by atoms with Crippen LogP contribution < -0.4 is 5.32 Å².